The van der Waals surface area contributed by atoms with Gasteiger partial charge < -0.3 is 14.2 Å². The maximum absolute atomic E-state index is 13.5. The first-order valence-corrected chi connectivity index (χ1v) is 9.90. The van der Waals surface area contributed by atoms with E-state index >= 15 is 0 Å². The Morgan fingerprint density at radius 2 is 1.55 bits per heavy atom. The lowest BCUT2D eigenvalue weighted by molar-refractivity contribution is 0.0474. The van der Waals surface area contributed by atoms with Crippen LogP contribution in [0.25, 0.3) is 16.5 Å². The number of para-hydroxylation sites is 1. The van der Waals surface area contributed by atoms with Crippen LogP contribution in [0.5, 0.6) is 11.5 Å². The van der Waals surface area contributed by atoms with Gasteiger partial charge in [-0.05, 0) is 42.0 Å². The topological polar surface area (TPSA) is 66.8 Å². The second kappa shape index (κ2) is 9.12. The number of fused-ring (bicyclic) bond motifs is 1. The van der Waals surface area contributed by atoms with E-state index < -0.39 is 17.6 Å². The van der Waals surface area contributed by atoms with E-state index in [9.17, 15) is 18.4 Å². The van der Waals surface area contributed by atoms with Gasteiger partial charge in [0.25, 0.3) is 5.56 Å². The Morgan fingerprint density at radius 3 is 2.18 bits per heavy atom. The number of ether oxygens (including phenoxy) is 3. The van der Waals surface area contributed by atoms with Crippen LogP contribution < -0.4 is 15.0 Å². The fraction of sp³-hybridized carbons (Fsp3) is 0.120. The number of carbonyl (C=O) groups excluding carboxylic acids is 1. The fourth-order valence-electron chi connectivity index (χ4n) is 3.46. The summed E-state index contributed by atoms with van der Waals surface area (Å²) >= 11 is 0. The number of hydrogen-bond acceptors (Lipinski definition) is 5. The predicted octanol–water partition coefficient (Wildman–Crippen LogP) is 4.64. The van der Waals surface area contributed by atoms with E-state index in [2.05, 4.69) is 0 Å². The summed E-state index contributed by atoms with van der Waals surface area (Å²) in [4.78, 5) is 26.3. The Bertz CT molecular complexity index is 1400. The average molecular weight is 451 g/mol. The largest absolute Gasteiger partial charge is 0.493 e. The van der Waals surface area contributed by atoms with Crippen molar-refractivity contribution in [1.29, 1.82) is 0 Å². The zero-order chi connectivity index (χ0) is 23.5. The lowest BCUT2D eigenvalue weighted by atomic mass is 10.1. The average Bonchev–Trinajstić information content (AvgIpc) is 2.84. The molecule has 168 valence electrons. The van der Waals surface area contributed by atoms with E-state index in [1.807, 2.05) is 0 Å². The number of carbonyl (C=O) groups is 1. The molecule has 0 spiro atoms. The van der Waals surface area contributed by atoms with Gasteiger partial charge in [-0.2, -0.15) is 0 Å². The molecule has 0 N–H and O–H groups in total. The number of esters is 1. The van der Waals surface area contributed by atoms with Crippen LogP contribution in [0.1, 0.15) is 15.9 Å². The van der Waals surface area contributed by atoms with Gasteiger partial charge in [-0.25, -0.2) is 13.6 Å². The van der Waals surface area contributed by atoms with Gasteiger partial charge in [-0.1, -0.05) is 24.3 Å². The lowest BCUT2D eigenvalue weighted by Gasteiger charge is -2.15. The molecule has 0 aliphatic heterocycles. The summed E-state index contributed by atoms with van der Waals surface area (Å²) in [5, 5.41) is 0.527. The minimum atomic E-state index is -1.04. The van der Waals surface area contributed by atoms with E-state index in [1.165, 1.54) is 43.2 Å². The fourth-order valence-corrected chi connectivity index (χ4v) is 3.46. The number of nitrogens with zero attached hydrogens (tertiary/aromatic N) is 1. The molecular weight excluding hydrogens is 432 g/mol. The molecule has 4 rings (SSSR count). The van der Waals surface area contributed by atoms with Crippen molar-refractivity contribution in [3.8, 4) is 17.2 Å². The minimum Gasteiger partial charge on any atom is -0.493 e. The predicted molar refractivity (Wildman–Crippen MR) is 118 cm³/mol. The summed E-state index contributed by atoms with van der Waals surface area (Å²) < 4.78 is 44.0. The van der Waals surface area contributed by atoms with Gasteiger partial charge in [0, 0.05) is 17.3 Å². The van der Waals surface area contributed by atoms with Crippen LogP contribution in [0.15, 0.2) is 71.7 Å². The summed E-state index contributed by atoms with van der Waals surface area (Å²) in [6, 6.07) is 15.1. The highest BCUT2D eigenvalue weighted by Gasteiger charge is 2.20. The van der Waals surface area contributed by atoms with E-state index in [0.717, 1.165) is 12.1 Å². The van der Waals surface area contributed by atoms with E-state index in [0.29, 0.717) is 22.6 Å². The third-order valence-corrected chi connectivity index (χ3v) is 5.13. The Morgan fingerprint density at radius 1 is 0.879 bits per heavy atom. The van der Waals surface area contributed by atoms with Crippen molar-refractivity contribution >= 4 is 16.7 Å². The SMILES string of the molecule is COc1cc2c(C(=O)OCc3ccc(F)c(F)c3)cn(-c3ccccc3)c(=O)c2cc1OC. The number of benzene rings is 3. The number of hydrogen-bond donors (Lipinski definition) is 0. The van der Waals surface area contributed by atoms with Crippen LogP contribution in [0.3, 0.4) is 0 Å². The second-order valence-electron chi connectivity index (χ2n) is 7.13. The molecule has 0 atom stereocenters. The highest BCUT2D eigenvalue weighted by atomic mass is 19.2. The summed E-state index contributed by atoms with van der Waals surface area (Å²) in [5.41, 5.74) is 0.558. The van der Waals surface area contributed by atoms with E-state index in [4.69, 9.17) is 14.2 Å². The third kappa shape index (κ3) is 4.27. The van der Waals surface area contributed by atoms with Crippen LogP contribution in [0.2, 0.25) is 0 Å². The summed E-state index contributed by atoms with van der Waals surface area (Å²) in [7, 11) is 2.88. The maximum Gasteiger partial charge on any atom is 0.340 e. The molecule has 8 heteroatoms. The smallest absolute Gasteiger partial charge is 0.340 e. The van der Waals surface area contributed by atoms with Crippen LogP contribution >= 0.6 is 0 Å². The van der Waals surface area contributed by atoms with Crippen LogP contribution in [-0.4, -0.2) is 24.8 Å². The van der Waals surface area contributed by atoms with Gasteiger partial charge >= 0.3 is 5.97 Å². The summed E-state index contributed by atoms with van der Waals surface area (Å²) in [6.45, 7) is -0.282. The first-order valence-electron chi connectivity index (χ1n) is 9.90. The molecule has 0 unspecified atom stereocenters. The molecule has 0 radical (unpaired) electrons. The van der Waals surface area contributed by atoms with Gasteiger partial charge in [0.1, 0.15) is 6.61 Å². The highest BCUT2D eigenvalue weighted by Crippen LogP contribution is 2.33. The molecule has 33 heavy (non-hydrogen) atoms. The van der Waals surface area contributed by atoms with Crippen molar-refractivity contribution in [2.75, 3.05) is 14.2 Å². The van der Waals surface area contributed by atoms with Crippen molar-refractivity contribution in [3.63, 3.8) is 0 Å². The molecule has 4 aromatic rings. The molecule has 0 amide bonds. The van der Waals surface area contributed by atoms with Gasteiger partial charge in [-0.15, -0.1) is 0 Å². The zero-order valence-corrected chi connectivity index (χ0v) is 17.8. The first kappa shape index (κ1) is 22.0. The van der Waals surface area contributed by atoms with Crippen molar-refractivity contribution in [2.45, 2.75) is 6.61 Å². The van der Waals surface area contributed by atoms with Gasteiger partial charge in [0.05, 0.1) is 25.2 Å². The Hall–Kier alpha value is -4.20. The molecule has 0 saturated heterocycles. The van der Waals surface area contributed by atoms with E-state index in [1.54, 1.807) is 30.3 Å². The molecule has 1 aromatic heterocycles. The van der Waals surface area contributed by atoms with Crippen molar-refractivity contribution in [2.24, 2.45) is 0 Å². The molecule has 3 aromatic carbocycles. The summed E-state index contributed by atoms with van der Waals surface area (Å²) in [6.07, 6.45) is 1.39. The molecule has 0 fully saturated rings. The maximum atomic E-state index is 13.5. The number of pyridine rings is 1. The van der Waals surface area contributed by atoms with Gasteiger partial charge in [-0.3, -0.25) is 9.36 Å². The van der Waals surface area contributed by atoms with Gasteiger partial charge in [0.15, 0.2) is 23.1 Å². The molecular formula is C25H19F2NO5. The molecule has 0 saturated carbocycles. The number of aromatic nitrogens is 1. The number of halogens is 2. The Balaban J connectivity index is 1.84. The first-order chi connectivity index (χ1) is 15.9. The zero-order valence-electron chi connectivity index (χ0n) is 17.8. The summed E-state index contributed by atoms with van der Waals surface area (Å²) in [5.74, 6) is -2.12. The second-order valence-corrected chi connectivity index (χ2v) is 7.13. The highest BCUT2D eigenvalue weighted by molar-refractivity contribution is 6.05. The Kier molecular flexibility index (Phi) is 6.08. The van der Waals surface area contributed by atoms with Crippen molar-refractivity contribution < 1.29 is 27.8 Å². The standard InChI is InChI=1S/C25H19F2NO5/c1-31-22-11-17-18(12-23(22)32-2)24(29)28(16-6-4-3-5-7-16)13-19(17)25(30)33-14-15-8-9-20(26)21(27)10-15/h3-13H,14H2,1-2H3. The third-order valence-electron chi connectivity index (χ3n) is 5.13. The van der Waals surface area contributed by atoms with Crippen LogP contribution in [-0.2, 0) is 11.3 Å². The van der Waals surface area contributed by atoms with Crippen LogP contribution in [0, 0.1) is 11.6 Å². The normalized spacial score (nSPS) is 10.8. The molecule has 0 bridgehead atoms. The number of rotatable bonds is 6. The quantitative estimate of drug-likeness (QED) is 0.400. The van der Waals surface area contributed by atoms with Crippen molar-refractivity contribution in [3.05, 3.63) is 100.0 Å². The molecule has 1 heterocycles. The van der Waals surface area contributed by atoms with E-state index in [-0.39, 0.29) is 28.7 Å². The molecule has 0 aliphatic rings. The lowest BCUT2D eigenvalue weighted by Crippen LogP contribution is -2.21. The van der Waals surface area contributed by atoms with Crippen molar-refractivity contribution in [1.82, 2.24) is 4.57 Å². The minimum absolute atomic E-state index is 0.0944. The molecule has 0 aliphatic carbocycles. The Labute approximate surface area is 187 Å². The monoisotopic (exact) mass is 451 g/mol. The molecule has 6 nitrogen and oxygen atoms in total. The van der Waals surface area contributed by atoms with Gasteiger partial charge in [0.2, 0.25) is 0 Å². The van der Waals surface area contributed by atoms with Crippen LogP contribution in [0.4, 0.5) is 8.78 Å². The number of methoxy groups -OCH3 is 2.